The number of benzene rings is 2. The zero-order chi connectivity index (χ0) is 25.4. The van der Waals surface area contributed by atoms with Gasteiger partial charge >= 0.3 is 0 Å². The molecule has 2 aliphatic heterocycles. The second-order valence-corrected chi connectivity index (χ2v) is 9.21. The molecular formula is C24H17ClN6O4S. The number of carbonyl (C=O) groups excluding carboxylic acids is 1. The molecule has 1 aromatic heterocycles. The SMILES string of the molecule is Cc1ccccc1OCC1=NN2C(=N)/C(=C\c3cccn3-c3ccc([N+](=O)[O-])cc3Cl)C(=O)N=C2S1. The van der Waals surface area contributed by atoms with Crippen molar-refractivity contribution in [1.82, 2.24) is 9.58 Å². The maximum absolute atomic E-state index is 12.8. The van der Waals surface area contributed by atoms with Crippen LogP contribution in [0.25, 0.3) is 11.8 Å². The Kier molecular flexibility index (Phi) is 6.17. The highest BCUT2D eigenvalue weighted by atomic mass is 35.5. The van der Waals surface area contributed by atoms with Gasteiger partial charge in [-0.3, -0.25) is 20.3 Å². The van der Waals surface area contributed by atoms with Crippen LogP contribution in [0.4, 0.5) is 5.69 Å². The van der Waals surface area contributed by atoms with Crippen molar-refractivity contribution < 1.29 is 14.5 Å². The monoisotopic (exact) mass is 520 g/mol. The summed E-state index contributed by atoms with van der Waals surface area (Å²) >= 11 is 7.47. The van der Waals surface area contributed by atoms with E-state index in [0.717, 1.165) is 11.3 Å². The molecule has 0 unspecified atom stereocenters. The number of nitro groups is 1. The van der Waals surface area contributed by atoms with Gasteiger partial charge in [0.15, 0.2) is 5.84 Å². The van der Waals surface area contributed by atoms with Crippen molar-refractivity contribution in [3.63, 3.8) is 0 Å². The lowest BCUT2D eigenvalue weighted by Crippen LogP contribution is -2.35. The Hall–Kier alpha value is -4.22. The number of ether oxygens (including phenoxy) is 1. The first-order chi connectivity index (χ1) is 17.3. The van der Waals surface area contributed by atoms with Gasteiger partial charge in [-0.25, -0.2) is 0 Å². The maximum Gasteiger partial charge on any atom is 0.283 e. The molecule has 2 aliphatic rings. The highest BCUT2D eigenvalue weighted by Gasteiger charge is 2.36. The van der Waals surface area contributed by atoms with Crippen molar-refractivity contribution in [2.75, 3.05) is 6.61 Å². The van der Waals surface area contributed by atoms with Crippen molar-refractivity contribution in [3.05, 3.63) is 92.8 Å². The maximum atomic E-state index is 12.8. The first-order valence-corrected chi connectivity index (χ1v) is 11.8. The molecule has 5 rings (SSSR count). The van der Waals surface area contributed by atoms with Gasteiger partial charge in [0.1, 0.15) is 17.4 Å². The summed E-state index contributed by atoms with van der Waals surface area (Å²) < 4.78 is 7.51. The number of nitrogens with zero attached hydrogens (tertiary/aromatic N) is 5. The van der Waals surface area contributed by atoms with Crippen LogP contribution in [0.1, 0.15) is 11.3 Å². The average molecular weight is 521 g/mol. The molecule has 0 saturated heterocycles. The van der Waals surface area contributed by atoms with Crippen LogP contribution >= 0.6 is 23.4 Å². The molecule has 0 spiro atoms. The average Bonchev–Trinajstić information content (AvgIpc) is 3.48. The molecule has 0 radical (unpaired) electrons. The Labute approximate surface area is 214 Å². The van der Waals surface area contributed by atoms with Gasteiger partial charge in [0.2, 0.25) is 5.17 Å². The predicted molar refractivity (Wildman–Crippen MR) is 139 cm³/mol. The van der Waals surface area contributed by atoms with Crippen LogP contribution in [0, 0.1) is 22.4 Å². The van der Waals surface area contributed by atoms with Crippen molar-refractivity contribution in [1.29, 1.82) is 5.41 Å². The predicted octanol–water partition coefficient (Wildman–Crippen LogP) is 5.05. The normalized spacial score (nSPS) is 16.2. The van der Waals surface area contributed by atoms with Gasteiger partial charge in [0.25, 0.3) is 11.6 Å². The minimum absolute atomic E-state index is 0.0437. The minimum atomic E-state index is -0.572. The Balaban J connectivity index is 1.40. The summed E-state index contributed by atoms with van der Waals surface area (Å²) in [6, 6.07) is 15.2. The number of para-hydroxylation sites is 1. The Morgan fingerprint density at radius 3 is 2.78 bits per heavy atom. The topological polar surface area (TPSA) is 126 Å². The van der Waals surface area contributed by atoms with Gasteiger partial charge in [-0.15, -0.1) is 0 Å². The van der Waals surface area contributed by atoms with Crippen LogP contribution in [-0.4, -0.2) is 43.1 Å². The number of hydrogen-bond acceptors (Lipinski definition) is 7. The molecule has 0 bridgehead atoms. The quantitative estimate of drug-likeness (QED) is 0.275. The highest BCUT2D eigenvalue weighted by Crippen LogP contribution is 2.31. The molecule has 10 nitrogen and oxygen atoms in total. The van der Waals surface area contributed by atoms with Gasteiger partial charge in [-0.2, -0.15) is 15.1 Å². The fraction of sp³-hybridized carbons (Fsp3) is 0.0833. The molecule has 2 aromatic carbocycles. The van der Waals surface area contributed by atoms with Gasteiger partial charge in [-0.1, -0.05) is 29.8 Å². The van der Waals surface area contributed by atoms with E-state index in [4.69, 9.17) is 21.7 Å². The van der Waals surface area contributed by atoms with Crippen LogP contribution in [0.5, 0.6) is 5.75 Å². The minimum Gasteiger partial charge on any atom is -0.486 e. The number of fused-ring (bicyclic) bond motifs is 1. The summed E-state index contributed by atoms with van der Waals surface area (Å²) in [7, 11) is 0. The molecule has 1 amide bonds. The molecule has 0 atom stereocenters. The molecule has 0 saturated carbocycles. The zero-order valence-corrected chi connectivity index (χ0v) is 20.3. The molecular weight excluding hydrogens is 504 g/mol. The van der Waals surface area contributed by atoms with Crippen molar-refractivity contribution >= 4 is 57.1 Å². The number of aliphatic imine (C=N–C) groups is 1. The number of rotatable bonds is 6. The van der Waals surface area contributed by atoms with E-state index in [-0.39, 0.29) is 28.7 Å². The molecule has 0 fully saturated rings. The number of amidine groups is 2. The highest BCUT2D eigenvalue weighted by molar-refractivity contribution is 8.27. The Bertz CT molecular complexity index is 1530. The van der Waals surface area contributed by atoms with E-state index in [1.54, 1.807) is 22.9 Å². The largest absolute Gasteiger partial charge is 0.486 e. The molecule has 3 heterocycles. The van der Waals surface area contributed by atoms with E-state index in [2.05, 4.69) is 10.1 Å². The molecule has 1 N–H and O–H groups in total. The van der Waals surface area contributed by atoms with Crippen molar-refractivity contribution in [3.8, 4) is 11.4 Å². The number of halogens is 1. The van der Waals surface area contributed by atoms with E-state index in [0.29, 0.717) is 21.6 Å². The second kappa shape index (κ2) is 9.44. The number of aromatic nitrogens is 1. The molecule has 180 valence electrons. The van der Waals surface area contributed by atoms with Crippen LogP contribution in [-0.2, 0) is 4.79 Å². The van der Waals surface area contributed by atoms with Crippen LogP contribution < -0.4 is 4.74 Å². The molecule has 12 heteroatoms. The lowest BCUT2D eigenvalue weighted by Gasteiger charge is -2.20. The van der Waals surface area contributed by atoms with E-state index in [9.17, 15) is 14.9 Å². The number of aryl methyl sites for hydroxylation is 1. The summed E-state index contributed by atoms with van der Waals surface area (Å²) in [5, 5.41) is 26.4. The fourth-order valence-electron chi connectivity index (χ4n) is 3.63. The zero-order valence-electron chi connectivity index (χ0n) is 18.7. The van der Waals surface area contributed by atoms with Crippen LogP contribution in [0.3, 0.4) is 0 Å². The second-order valence-electron chi connectivity index (χ2n) is 7.76. The number of amides is 1. The Morgan fingerprint density at radius 1 is 1.22 bits per heavy atom. The van der Waals surface area contributed by atoms with Crippen LogP contribution in [0.2, 0.25) is 5.02 Å². The standard InChI is InChI=1S/C24H17ClN6O4S/c1-14-5-2-3-7-20(14)35-13-21-28-30-22(26)17(23(32)27-24(30)36-21)11-15-6-4-10-29(15)19-9-8-16(31(33)34)12-18(19)25/h2-12,26H,13H2,1H3/b17-11+,26-22?. The van der Waals surface area contributed by atoms with Gasteiger partial charge < -0.3 is 9.30 Å². The fourth-order valence-corrected chi connectivity index (χ4v) is 4.70. The van der Waals surface area contributed by atoms with Gasteiger partial charge in [-0.05, 0) is 54.6 Å². The van der Waals surface area contributed by atoms with Crippen molar-refractivity contribution in [2.24, 2.45) is 10.1 Å². The summed E-state index contributed by atoms with van der Waals surface area (Å²) in [4.78, 5) is 27.4. The van der Waals surface area contributed by atoms with Gasteiger partial charge in [0, 0.05) is 24.0 Å². The van der Waals surface area contributed by atoms with E-state index in [1.165, 1.54) is 41.0 Å². The number of carbonyl (C=O) groups is 1. The third kappa shape index (κ3) is 4.41. The number of non-ortho nitro benzene ring substituents is 1. The number of hydrazone groups is 1. The van der Waals surface area contributed by atoms with E-state index < -0.39 is 10.8 Å². The summed E-state index contributed by atoms with van der Waals surface area (Å²) in [6.07, 6.45) is 3.22. The molecule has 0 aliphatic carbocycles. The summed E-state index contributed by atoms with van der Waals surface area (Å²) in [5.74, 6) is 0.0357. The first-order valence-electron chi connectivity index (χ1n) is 10.6. The molecule has 3 aromatic rings. The third-order valence-electron chi connectivity index (χ3n) is 5.42. The number of nitrogens with one attached hydrogen (secondary N) is 1. The summed E-state index contributed by atoms with van der Waals surface area (Å²) in [5.41, 5.74) is 1.93. The summed E-state index contributed by atoms with van der Waals surface area (Å²) in [6.45, 7) is 2.12. The number of thioether (sulfide) groups is 1. The first kappa shape index (κ1) is 23.5. The van der Waals surface area contributed by atoms with E-state index >= 15 is 0 Å². The lowest BCUT2D eigenvalue weighted by molar-refractivity contribution is -0.384. The smallest absolute Gasteiger partial charge is 0.283 e. The van der Waals surface area contributed by atoms with Crippen LogP contribution in [0.15, 0.2) is 76.5 Å². The third-order valence-corrected chi connectivity index (χ3v) is 6.60. The van der Waals surface area contributed by atoms with E-state index in [1.807, 2.05) is 31.2 Å². The number of nitro benzene ring substituents is 1. The lowest BCUT2D eigenvalue weighted by atomic mass is 10.1. The Morgan fingerprint density at radius 2 is 2.03 bits per heavy atom. The number of hydrogen-bond donors (Lipinski definition) is 1. The van der Waals surface area contributed by atoms with Crippen molar-refractivity contribution in [2.45, 2.75) is 6.92 Å². The van der Waals surface area contributed by atoms with Gasteiger partial charge in [0.05, 0.1) is 21.2 Å². The molecule has 36 heavy (non-hydrogen) atoms.